The minimum absolute atomic E-state index is 0.00749. The molecular formula is C16H23N3O3S. The average molecular weight is 337 g/mol. The van der Waals surface area contributed by atoms with Crippen molar-refractivity contribution in [3.8, 4) is 0 Å². The molecule has 0 radical (unpaired) electrons. The summed E-state index contributed by atoms with van der Waals surface area (Å²) in [5.74, 6) is 0. The molecule has 0 spiro atoms. The summed E-state index contributed by atoms with van der Waals surface area (Å²) in [5, 5.41) is 13.7. The number of aliphatic hydroxyl groups is 1. The minimum atomic E-state index is -3.79. The van der Waals surface area contributed by atoms with Crippen molar-refractivity contribution >= 4 is 15.7 Å². The van der Waals surface area contributed by atoms with Crippen LogP contribution in [0.15, 0.2) is 35.2 Å². The van der Waals surface area contributed by atoms with Crippen LogP contribution in [-0.2, 0) is 29.9 Å². The number of hydrogen-bond acceptors (Lipinski definition) is 4. The standard InChI is InChI=1S/C16H23N3O3S/c1-4-14-16(15(5-2)18(3)17-14)23(21,22)19(11-12-20)13-9-7-6-8-10-13/h6-10,20H,4-5,11-12H2,1-3H3. The van der Waals surface area contributed by atoms with E-state index >= 15 is 0 Å². The molecule has 0 saturated heterocycles. The van der Waals surface area contributed by atoms with Gasteiger partial charge in [0, 0.05) is 7.05 Å². The first-order valence-corrected chi connectivity index (χ1v) is 9.14. The van der Waals surface area contributed by atoms with Crippen LogP contribution in [0.4, 0.5) is 5.69 Å². The van der Waals surface area contributed by atoms with Crippen LogP contribution in [0.1, 0.15) is 25.2 Å². The molecule has 0 aliphatic carbocycles. The topological polar surface area (TPSA) is 75.4 Å². The minimum Gasteiger partial charge on any atom is -0.394 e. The fourth-order valence-electron chi connectivity index (χ4n) is 2.70. The largest absolute Gasteiger partial charge is 0.394 e. The Kier molecular flexibility index (Phi) is 5.43. The maximum absolute atomic E-state index is 13.3. The van der Waals surface area contributed by atoms with E-state index in [-0.39, 0.29) is 18.0 Å². The van der Waals surface area contributed by atoms with Gasteiger partial charge in [0.05, 0.1) is 30.2 Å². The van der Waals surface area contributed by atoms with Gasteiger partial charge in [0.2, 0.25) is 0 Å². The lowest BCUT2D eigenvalue weighted by Crippen LogP contribution is -2.34. The van der Waals surface area contributed by atoms with Gasteiger partial charge in [0.1, 0.15) is 4.90 Å². The van der Waals surface area contributed by atoms with Crippen molar-refractivity contribution in [2.24, 2.45) is 7.05 Å². The second kappa shape index (κ2) is 7.14. The van der Waals surface area contributed by atoms with Crippen molar-refractivity contribution in [2.45, 2.75) is 31.6 Å². The molecule has 126 valence electrons. The average Bonchev–Trinajstić information content (AvgIpc) is 2.89. The van der Waals surface area contributed by atoms with Crippen molar-refractivity contribution < 1.29 is 13.5 Å². The van der Waals surface area contributed by atoms with Crippen LogP contribution in [0.25, 0.3) is 0 Å². The van der Waals surface area contributed by atoms with Crippen molar-refractivity contribution in [1.82, 2.24) is 9.78 Å². The van der Waals surface area contributed by atoms with Gasteiger partial charge in [-0.05, 0) is 25.0 Å². The summed E-state index contributed by atoms with van der Waals surface area (Å²) in [7, 11) is -2.03. The molecule has 23 heavy (non-hydrogen) atoms. The van der Waals surface area contributed by atoms with Crippen molar-refractivity contribution in [2.75, 3.05) is 17.5 Å². The molecule has 0 unspecified atom stereocenters. The van der Waals surface area contributed by atoms with Crippen LogP contribution >= 0.6 is 0 Å². The van der Waals surface area contributed by atoms with Crippen molar-refractivity contribution in [3.05, 3.63) is 41.7 Å². The first kappa shape index (κ1) is 17.5. The first-order chi connectivity index (χ1) is 11.0. The summed E-state index contributed by atoms with van der Waals surface area (Å²) in [4.78, 5) is 0.266. The van der Waals surface area contributed by atoms with Crippen molar-refractivity contribution in [1.29, 1.82) is 0 Å². The van der Waals surface area contributed by atoms with Gasteiger partial charge < -0.3 is 5.11 Å². The van der Waals surface area contributed by atoms with E-state index in [0.717, 1.165) is 0 Å². The van der Waals surface area contributed by atoms with E-state index in [1.54, 1.807) is 36.0 Å². The number of aromatic nitrogens is 2. The highest BCUT2D eigenvalue weighted by atomic mass is 32.2. The third-order valence-corrected chi connectivity index (χ3v) is 5.71. The second-order valence-corrected chi connectivity index (χ2v) is 6.99. The Labute approximate surface area is 137 Å². The lowest BCUT2D eigenvalue weighted by atomic mass is 10.2. The molecule has 6 nitrogen and oxygen atoms in total. The van der Waals surface area contributed by atoms with E-state index in [1.807, 2.05) is 19.9 Å². The third-order valence-electron chi connectivity index (χ3n) is 3.75. The van der Waals surface area contributed by atoms with E-state index < -0.39 is 10.0 Å². The van der Waals surface area contributed by atoms with Crippen molar-refractivity contribution in [3.63, 3.8) is 0 Å². The van der Waals surface area contributed by atoms with Gasteiger partial charge in [-0.15, -0.1) is 0 Å². The van der Waals surface area contributed by atoms with Crippen LogP contribution in [0.5, 0.6) is 0 Å². The molecule has 2 aromatic rings. The van der Waals surface area contributed by atoms with Gasteiger partial charge >= 0.3 is 0 Å². The normalized spacial score (nSPS) is 11.7. The highest BCUT2D eigenvalue weighted by molar-refractivity contribution is 7.93. The summed E-state index contributed by atoms with van der Waals surface area (Å²) in [6, 6.07) is 8.83. The predicted octanol–water partition coefficient (Wildman–Crippen LogP) is 1.73. The molecule has 1 N–H and O–H groups in total. The number of aryl methyl sites for hydroxylation is 2. The van der Waals surface area contributed by atoms with E-state index in [4.69, 9.17) is 0 Å². The molecule has 1 aromatic heterocycles. The Bertz CT molecular complexity index is 754. The van der Waals surface area contributed by atoms with Gasteiger partial charge in [-0.25, -0.2) is 8.42 Å². The molecule has 2 rings (SSSR count). The molecule has 0 saturated carbocycles. The number of rotatable bonds is 7. The maximum Gasteiger partial charge on any atom is 0.268 e. The predicted molar refractivity (Wildman–Crippen MR) is 90.0 cm³/mol. The Morgan fingerprint density at radius 2 is 1.83 bits per heavy atom. The molecule has 1 aromatic carbocycles. The summed E-state index contributed by atoms with van der Waals surface area (Å²) in [5.41, 5.74) is 1.78. The van der Waals surface area contributed by atoms with Crippen LogP contribution in [0.3, 0.4) is 0 Å². The molecular weight excluding hydrogens is 314 g/mol. The Morgan fingerprint density at radius 3 is 2.35 bits per heavy atom. The SMILES string of the molecule is CCc1nn(C)c(CC)c1S(=O)(=O)N(CCO)c1ccccc1. The number of sulfonamides is 1. The Morgan fingerprint density at radius 1 is 1.17 bits per heavy atom. The number of aliphatic hydroxyl groups excluding tert-OH is 1. The van der Waals surface area contributed by atoms with Gasteiger partial charge in [-0.1, -0.05) is 32.0 Å². The highest BCUT2D eigenvalue weighted by Gasteiger charge is 2.32. The van der Waals surface area contributed by atoms with Crippen LogP contribution in [-0.4, -0.2) is 36.5 Å². The van der Waals surface area contributed by atoms with Gasteiger partial charge in [-0.2, -0.15) is 5.10 Å². The van der Waals surface area contributed by atoms with Crippen LogP contribution in [0.2, 0.25) is 0 Å². The quantitative estimate of drug-likeness (QED) is 0.835. The van der Waals surface area contributed by atoms with Gasteiger partial charge in [0.25, 0.3) is 10.0 Å². The summed E-state index contributed by atoms with van der Waals surface area (Å²) in [6.45, 7) is 3.55. The Hall–Kier alpha value is -1.86. The number of nitrogens with zero attached hydrogens (tertiary/aromatic N) is 3. The summed E-state index contributed by atoms with van der Waals surface area (Å²) >= 11 is 0. The lowest BCUT2D eigenvalue weighted by Gasteiger charge is -2.24. The smallest absolute Gasteiger partial charge is 0.268 e. The Balaban J connectivity index is 2.64. The zero-order valence-electron chi connectivity index (χ0n) is 13.7. The molecule has 0 atom stereocenters. The van der Waals surface area contributed by atoms with E-state index in [2.05, 4.69) is 5.10 Å². The van der Waals surface area contributed by atoms with Gasteiger partial charge in [0.15, 0.2) is 0 Å². The number of anilines is 1. The molecule has 0 bridgehead atoms. The molecule has 1 heterocycles. The van der Waals surface area contributed by atoms with Gasteiger partial charge in [-0.3, -0.25) is 8.99 Å². The molecule has 0 fully saturated rings. The van der Waals surface area contributed by atoms with Crippen LogP contribution < -0.4 is 4.31 Å². The maximum atomic E-state index is 13.3. The molecule has 0 aliphatic rings. The van der Waals surface area contributed by atoms with E-state index in [9.17, 15) is 13.5 Å². The fourth-order valence-corrected chi connectivity index (χ4v) is 4.70. The molecule has 0 aliphatic heterocycles. The monoisotopic (exact) mass is 337 g/mol. The zero-order valence-corrected chi connectivity index (χ0v) is 14.5. The third kappa shape index (κ3) is 3.25. The summed E-state index contributed by atoms with van der Waals surface area (Å²) in [6.07, 6.45) is 1.10. The van der Waals surface area contributed by atoms with E-state index in [1.165, 1.54) is 4.31 Å². The fraction of sp³-hybridized carbons (Fsp3) is 0.438. The molecule has 0 amide bonds. The molecule has 7 heteroatoms. The lowest BCUT2D eigenvalue weighted by molar-refractivity contribution is 0.306. The van der Waals surface area contributed by atoms with Crippen LogP contribution in [0, 0.1) is 0 Å². The zero-order chi connectivity index (χ0) is 17.0. The summed E-state index contributed by atoms with van der Waals surface area (Å²) < 4.78 is 29.4. The number of benzene rings is 1. The number of hydrogen-bond donors (Lipinski definition) is 1. The highest BCUT2D eigenvalue weighted by Crippen LogP contribution is 2.28. The second-order valence-electron chi connectivity index (χ2n) is 5.19. The first-order valence-electron chi connectivity index (χ1n) is 7.70. The number of para-hydroxylation sites is 1. The van der Waals surface area contributed by atoms with E-state index in [0.29, 0.717) is 29.9 Å².